The fourth-order valence-corrected chi connectivity index (χ4v) is 4.64. The SMILES string of the molecule is Cl.O=C(NCCC1CCCNC1)C1CCN(C(=O)c2cccc3ccccc23)CC1. The number of hydrogen-bond acceptors (Lipinski definition) is 3. The normalized spacial score (nSPS) is 19.9. The second kappa shape index (κ2) is 10.8. The van der Waals surface area contributed by atoms with E-state index in [9.17, 15) is 9.59 Å². The minimum Gasteiger partial charge on any atom is -0.356 e. The van der Waals surface area contributed by atoms with Crippen LogP contribution in [-0.4, -0.2) is 49.4 Å². The summed E-state index contributed by atoms with van der Waals surface area (Å²) in [6.45, 7) is 4.25. The maximum absolute atomic E-state index is 13.1. The second-order valence-electron chi connectivity index (χ2n) is 8.39. The predicted molar refractivity (Wildman–Crippen MR) is 123 cm³/mol. The summed E-state index contributed by atoms with van der Waals surface area (Å²) in [6.07, 6.45) is 5.04. The zero-order chi connectivity index (χ0) is 20.1. The van der Waals surface area contributed by atoms with Crippen LogP contribution in [0.4, 0.5) is 0 Å². The summed E-state index contributed by atoms with van der Waals surface area (Å²) in [4.78, 5) is 27.5. The average molecular weight is 430 g/mol. The van der Waals surface area contributed by atoms with Gasteiger partial charge in [0.25, 0.3) is 5.91 Å². The molecule has 2 aliphatic heterocycles. The molecule has 0 radical (unpaired) electrons. The molecule has 1 unspecified atom stereocenters. The Balaban J connectivity index is 0.00000256. The number of benzene rings is 2. The first-order chi connectivity index (χ1) is 14.2. The summed E-state index contributed by atoms with van der Waals surface area (Å²) in [6, 6.07) is 13.9. The van der Waals surface area contributed by atoms with E-state index >= 15 is 0 Å². The molecule has 30 heavy (non-hydrogen) atoms. The molecule has 2 aromatic carbocycles. The molecule has 2 heterocycles. The summed E-state index contributed by atoms with van der Waals surface area (Å²) >= 11 is 0. The molecule has 0 bridgehead atoms. The van der Waals surface area contributed by atoms with Crippen LogP contribution < -0.4 is 10.6 Å². The number of carbonyl (C=O) groups excluding carboxylic acids is 2. The Kier molecular flexibility index (Phi) is 8.11. The maximum atomic E-state index is 13.1. The van der Waals surface area contributed by atoms with Crippen molar-refractivity contribution in [3.05, 3.63) is 48.0 Å². The van der Waals surface area contributed by atoms with E-state index in [4.69, 9.17) is 0 Å². The average Bonchev–Trinajstić information content (AvgIpc) is 2.79. The standard InChI is InChI=1S/C24H31N3O2.ClH/c28-23(26-14-10-18-5-4-13-25-17-18)20-11-15-27(16-12-20)24(29)22-9-3-7-19-6-1-2-8-21(19)22;/h1-3,6-9,18,20,25H,4-5,10-17H2,(H,26,28);1H. The van der Waals surface area contributed by atoms with Crippen molar-refractivity contribution in [2.24, 2.45) is 11.8 Å². The molecule has 2 amide bonds. The zero-order valence-corrected chi connectivity index (χ0v) is 18.3. The van der Waals surface area contributed by atoms with E-state index in [0.717, 1.165) is 55.2 Å². The van der Waals surface area contributed by atoms with Crippen molar-refractivity contribution >= 4 is 35.0 Å². The van der Waals surface area contributed by atoms with Crippen molar-refractivity contribution in [1.29, 1.82) is 0 Å². The number of nitrogens with zero attached hydrogens (tertiary/aromatic N) is 1. The molecule has 162 valence electrons. The molecule has 5 nitrogen and oxygen atoms in total. The molecule has 0 aromatic heterocycles. The van der Waals surface area contributed by atoms with Crippen molar-refractivity contribution < 1.29 is 9.59 Å². The Hall–Kier alpha value is -2.11. The highest BCUT2D eigenvalue weighted by molar-refractivity contribution is 6.07. The Labute approximate surface area is 185 Å². The van der Waals surface area contributed by atoms with E-state index in [0.29, 0.717) is 19.0 Å². The number of halogens is 1. The van der Waals surface area contributed by atoms with Crippen LogP contribution in [0.3, 0.4) is 0 Å². The van der Waals surface area contributed by atoms with Crippen LogP contribution in [0.5, 0.6) is 0 Å². The van der Waals surface area contributed by atoms with Crippen LogP contribution >= 0.6 is 12.4 Å². The molecule has 2 saturated heterocycles. The molecule has 0 aliphatic carbocycles. The van der Waals surface area contributed by atoms with Crippen LogP contribution in [0, 0.1) is 11.8 Å². The smallest absolute Gasteiger partial charge is 0.254 e. The second-order valence-corrected chi connectivity index (χ2v) is 8.39. The summed E-state index contributed by atoms with van der Waals surface area (Å²) in [5.74, 6) is 0.941. The van der Waals surface area contributed by atoms with Crippen molar-refractivity contribution in [2.45, 2.75) is 32.1 Å². The zero-order valence-electron chi connectivity index (χ0n) is 17.4. The van der Waals surface area contributed by atoms with Gasteiger partial charge >= 0.3 is 0 Å². The molecule has 6 heteroatoms. The molecule has 2 fully saturated rings. The predicted octanol–water partition coefficient (Wildman–Crippen LogP) is 3.62. The first-order valence-electron chi connectivity index (χ1n) is 11.0. The molecule has 4 rings (SSSR count). The summed E-state index contributed by atoms with van der Waals surface area (Å²) in [7, 11) is 0. The van der Waals surface area contributed by atoms with Gasteiger partial charge in [-0.3, -0.25) is 9.59 Å². The number of carbonyl (C=O) groups is 2. The van der Waals surface area contributed by atoms with Crippen molar-refractivity contribution in [2.75, 3.05) is 32.7 Å². The van der Waals surface area contributed by atoms with E-state index in [1.165, 1.54) is 12.8 Å². The van der Waals surface area contributed by atoms with Gasteiger partial charge in [0, 0.05) is 31.1 Å². The Morgan fingerprint density at radius 3 is 2.57 bits per heavy atom. The summed E-state index contributed by atoms with van der Waals surface area (Å²) in [5, 5.41) is 8.64. The number of amides is 2. The van der Waals surface area contributed by atoms with Gasteiger partial charge in [0.2, 0.25) is 5.91 Å². The fourth-order valence-electron chi connectivity index (χ4n) is 4.64. The molecular weight excluding hydrogens is 398 g/mol. The van der Waals surface area contributed by atoms with Gasteiger partial charge < -0.3 is 15.5 Å². The Morgan fingerprint density at radius 2 is 1.80 bits per heavy atom. The highest BCUT2D eigenvalue weighted by Crippen LogP contribution is 2.24. The van der Waals surface area contributed by atoms with Crippen LogP contribution in [0.1, 0.15) is 42.5 Å². The maximum Gasteiger partial charge on any atom is 0.254 e. The lowest BCUT2D eigenvalue weighted by atomic mass is 9.94. The lowest BCUT2D eigenvalue weighted by molar-refractivity contribution is -0.126. The largest absolute Gasteiger partial charge is 0.356 e. The first kappa shape index (κ1) is 22.6. The molecule has 0 saturated carbocycles. The first-order valence-corrected chi connectivity index (χ1v) is 11.0. The summed E-state index contributed by atoms with van der Waals surface area (Å²) < 4.78 is 0. The van der Waals surface area contributed by atoms with Crippen LogP contribution in [0.15, 0.2) is 42.5 Å². The van der Waals surface area contributed by atoms with Crippen molar-refractivity contribution in [3.63, 3.8) is 0 Å². The summed E-state index contributed by atoms with van der Waals surface area (Å²) in [5.41, 5.74) is 0.757. The number of hydrogen-bond donors (Lipinski definition) is 2. The topological polar surface area (TPSA) is 61.4 Å². The van der Waals surface area contributed by atoms with Crippen molar-refractivity contribution in [1.82, 2.24) is 15.5 Å². The van der Waals surface area contributed by atoms with Gasteiger partial charge in [-0.1, -0.05) is 36.4 Å². The molecule has 1 atom stereocenters. The molecule has 2 aromatic rings. The quantitative estimate of drug-likeness (QED) is 0.763. The molecular formula is C24H32ClN3O2. The van der Waals surface area contributed by atoms with Gasteiger partial charge in [0.05, 0.1) is 0 Å². The fraction of sp³-hybridized carbons (Fsp3) is 0.500. The van der Waals surface area contributed by atoms with E-state index in [2.05, 4.69) is 10.6 Å². The third kappa shape index (κ3) is 5.32. The number of likely N-dealkylation sites (tertiary alicyclic amines) is 1. The van der Waals surface area contributed by atoms with Gasteiger partial charge in [-0.05, 0) is 68.0 Å². The van der Waals surface area contributed by atoms with Crippen LogP contribution in [-0.2, 0) is 4.79 Å². The van der Waals surface area contributed by atoms with Gasteiger partial charge in [0.15, 0.2) is 0 Å². The van der Waals surface area contributed by atoms with Gasteiger partial charge in [-0.15, -0.1) is 12.4 Å². The van der Waals surface area contributed by atoms with Crippen LogP contribution in [0.25, 0.3) is 10.8 Å². The third-order valence-corrected chi connectivity index (χ3v) is 6.42. The van der Waals surface area contributed by atoms with Gasteiger partial charge in [0.1, 0.15) is 0 Å². The van der Waals surface area contributed by atoms with E-state index in [1.54, 1.807) is 0 Å². The van der Waals surface area contributed by atoms with Crippen molar-refractivity contribution in [3.8, 4) is 0 Å². The molecule has 2 N–H and O–H groups in total. The Morgan fingerprint density at radius 1 is 1.03 bits per heavy atom. The Bertz CT molecular complexity index is 853. The van der Waals surface area contributed by atoms with Gasteiger partial charge in [-0.2, -0.15) is 0 Å². The number of rotatable bonds is 5. The van der Waals surface area contributed by atoms with E-state index in [-0.39, 0.29) is 30.1 Å². The molecule has 0 spiro atoms. The monoisotopic (exact) mass is 429 g/mol. The van der Waals surface area contributed by atoms with Crippen LogP contribution in [0.2, 0.25) is 0 Å². The lowest BCUT2D eigenvalue weighted by Gasteiger charge is -2.32. The lowest BCUT2D eigenvalue weighted by Crippen LogP contribution is -2.43. The van der Waals surface area contributed by atoms with E-state index < -0.39 is 0 Å². The highest BCUT2D eigenvalue weighted by atomic mass is 35.5. The minimum atomic E-state index is 0. The number of piperidine rings is 2. The number of fused-ring (bicyclic) bond motifs is 1. The number of nitrogens with one attached hydrogen (secondary N) is 2. The highest BCUT2D eigenvalue weighted by Gasteiger charge is 2.28. The third-order valence-electron chi connectivity index (χ3n) is 6.42. The minimum absolute atomic E-state index is 0. The van der Waals surface area contributed by atoms with Gasteiger partial charge in [-0.25, -0.2) is 0 Å². The van der Waals surface area contributed by atoms with E-state index in [1.807, 2.05) is 47.4 Å². The molecule has 2 aliphatic rings.